The molecule has 0 radical (unpaired) electrons. The Balaban J connectivity index is 2.39. The fraction of sp³-hybridized carbons (Fsp3) is 0.118. The largest absolute Gasteiger partial charge is 0.490 e. The number of hydrogen-bond acceptors (Lipinski definition) is 4. The number of carbonyl (C=O) groups is 1. The third kappa shape index (κ3) is 4.83. The third-order valence-electron chi connectivity index (χ3n) is 3.17. The summed E-state index contributed by atoms with van der Waals surface area (Å²) in [5.41, 5.74) is 0.233. The topological polar surface area (TPSA) is 83.9 Å². The normalized spacial score (nSPS) is 10.9. The number of carboxylic acids is 1. The van der Waals surface area contributed by atoms with Crippen molar-refractivity contribution in [3.8, 4) is 5.75 Å². The summed E-state index contributed by atoms with van der Waals surface area (Å²) in [6.45, 7) is 3.17. The second kappa shape index (κ2) is 8.17. The van der Waals surface area contributed by atoms with E-state index in [-0.39, 0.29) is 10.6 Å². The molecular weight excluding hydrogens is 410 g/mol. The van der Waals surface area contributed by atoms with Crippen molar-refractivity contribution in [3.05, 3.63) is 65.7 Å². The highest BCUT2D eigenvalue weighted by Crippen LogP contribution is 2.26. The van der Waals surface area contributed by atoms with Crippen LogP contribution in [0.1, 0.15) is 0 Å². The average molecular weight is 426 g/mol. The second-order valence-electron chi connectivity index (χ2n) is 4.95. The van der Waals surface area contributed by atoms with Crippen molar-refractivity contribution in [3.63, 3.8) is 0 Å². The van der Waals surface area contributed by atoms with Crippen LogP contribution < -0.4 is 9.04 Å². The van der Waals surface area contributed by atoms with Gasteiger partial charge in [0, 0.05) is 4.47 Å². The van der Waals surface area contributed by atoms with Crippen molar-refractivity contribution in [2.24, 2.45) is 0 Å². The van der Waals surface area contributed by atoms with Crippen molar-refractivity contribution < 1.29 is 23.1 Å². The fourth-order valence-electron chi connectivity index (χ4n) is 2.04. The Morgan fingerprint density at radius 3 is 2.28 bits per heavy atom. The van der Waals surface area contributed by atoms with Crippen LogP contribution in [-0.4, -0.2) is 32.6 Å². The van der Waals surface area contributed by atoms with E-state index in [1.165, 1.54) is 24.3 Å². The number of aliphatic carboxylic acids is 1. The van der Waals surface area contributed by atoms with Crippen LogP contribution in [0.5, 0.6) is 5.75 Å². The first kappa shape index (κ1) is 19.0. The molecule has 0 heterocycles. The molecule has 8 heteroatoms. The molecule has 0 aromatic heterocycles. The zero-order valence-electron chi connectivity index (χ0n) is 13.1. The van der Waals surface area contributed by atoms with Crippen LogP contribution in [0.25, 0.3) is 0 Å². The molecule has 132 valence electrons. The summed E-state index contributed by atoms with van der Waals surface area (Å²) in [4.78, 5) is 11.2. The van der Waals surface area contributed by atoms with Gasteiger partial charge < -0.3 is 9.84 Å². The first-order valence-electron chi connectivity index (χ1n) is 7.18. The van der Waals surface area contributed by atoms with Gasteiger partial charge in [-0.1, -0.05) is 28.6 Å². The molecule has 0 saturated heterocycles. The minimum atomic E-state index is -4.02. The second-order valence-corrected chi connectivity index (χ2v) is 7.73. The van der Waals surface area contributed by atoms with Crippen molar-refractivity contribution in [1.29, 1.82) is 0 Å². The van der Waals surface area contributed by atoms with E-state index in [1.807, 2.05) is 0 Å². The standard InChI is InChI=1S/C17H16BrNO5S/c1-2-11-24-15-7-5-14(6-8-15)19(12-17(20)21)25(22,23)16-9-3-13(18)4-10-16/h2-10H,1,11-12H2,(H,20,21). The zero-order chi connectivity index (χ0) is 18.4. The lowest BCUT2D eigenvalue weighted by atomic mass is 10.3. The average Bonchev–Trinajstić information content (AvgIpc) is 2.58. The van der Waals surface area contributed by atoms with E-state index in [2.05, 4.69) is 22.5 Å². The van der Waals surface area contributed by atoms with Gasteiger partial charge in [0.05, 0.1) is 10.6 Å². The molecule has 0 unspecified atom stereocenters. The van der Waals surface area contributed by atoms with E-state index >= 15 is 0 Å². The van der Waals surface area contributed by atoms with E-state index in [9.17, 15) is 13.2 Å². The van der Waals surface area contributed by atoms with Crippen molar-refractivity contribution in [2.75, 3.05) is 17.5 Å². The van der Waals surface area contributed by atoms with E-state index in [4.69, 9.17) is 9.84 Å². The van der Waals surface area contributed by atoms with Crippen LogP contribution in [0, 0.1) is 0 Å². The van der Waals surface area contributed by atoms with Gasteiger partial charge in [-0.2, -0.15) is 0 Å². The number of sulfonamides is 1. The van der Waals surface area contributed by atoms with Gasteiger partial charge in [-0.05, 0) is 48.5 Å². The van der Waals surface area contributed by atoms with Crippen LogP contribution in [0.2, 0.25) is 0 Å². The molecular formula is C17H16BrNO5S. The molecule has 0 atom stereocenters. The van der Waals surface area contributed by atoms with E-state index in [0.717, 1.165) is 8.78 Å². The number of nitrogens with zero attached hydrogens (tertiary/aromatic N) is 1. The minimum Gasteiger partial charge on any atom is -0.490 e. The van der Waals surface area contributed by atoms with Gasteiger partial charge in [0.1, 0.15) is 18.9 Å². The molecule has 1 N–H and O–H groups in total. The van der Waals surface area contributed by atoms with Gasteiger partial charge in [-0.25, -0.2) is 8.42 Å². The van der Waals surface area contributed by atoms with E-state index in [0.29, 0.717) is 12.4 Å². The summed E-state index contributed by atoms with van der Waals surface area (Å²) in [5, 5.41) is 9.12. The first-order chi connectivity index (χ1) is 11.8. The summed E-state index contributed by atoms with van der Waals surface area (Å²) < 4.78 is 32.6. The predicted molar refractivity (Wildman–Crippen MR) is 98.4 cm³/mol. The molecule has 0 saturated carbocycles. The van der Waals surface area contributed by atoms with Gasteiger partial charge in [0.25, 0.3) is 10.0 Å². The van der Waals surface area contributed by atoms with Gasteiger partial charge in [-0.3, -0.25) is 9.10 Å². The Hall–Kier alpha value is -2.32. The molecule has 2 aromatic rings. The summed E-state index contributed by atoms with van der Waals surface area (Å²) in [6.07, 6.45) is 1.59. The van der Waals surface area contributed by atoms with Crippen LogP contribution in [0.3, 0.4) is 0 Å². The molecule has 0 aliphatic heterocycles. The number of ether oxygens (including phenoxy) is 1. The summed E-state index contributed by atoms with van der Waals surface area (Å²) in [6, 6.07) is 12.1. The maximum absolute atomic E-state index is 12.8. The Morgan fingerprint density at radius 1 is 1.16 bits per heavy atom. The Kier molecular flexibility index (Phi) is 6.22. The predicted octanol–water partition coefficient (Wildman–Crippen LogP) is 3.29. The molecule has 2 aromatic carbocycles. The number of benzene rings is 2. The van der Waals surface area contributed by atoms with Crippen LogP contribution >= 0.6 is 15.9 Å². The highest BCUT2D eigenvalue weighted by atomic mass is 79.9. The first-order valence-corrected chi connectivity index (χ1v) is 9.42. The zero-order valence-corrected chi connectivity index (χ0v) is 15.5. The van der Waals surface area contributed by atoms with Crippen LogP contribution in [-0.2, 0) is 14.8 Å². The van der Waals surface area contributed by atoms with Gasteiger partial charge >= 0.3 is 5.97 Å². The molecule has 0 bridgehead atoms. The Morgan fingerprint density at radius 2 is 1.76 bits per heavy atom. The lowest BCUT2D eigenvalue weighted by Crippen LogP contribution is -2.35. The van der Waals surface area contributed by atoms with Crippen LogP contribution in [0.4, 0.5) is 5.69 Å². The summed E-state index contributed by atoms with van der Waals surface area (Å²) in [5.74, 6) is -0.729. The Bertz CT molecular complexity index is 848. The van der Waals surface area contributed by atoms with Crippen molar-refractivity contribution in [2.45, 2.75) is 4.90 Å². The van der Waals surface area contributed by atoms with E-state index < -0.39 is 22.5 Å². The highest BCUT2D eigenvalue weighted by molar-refractivity contribution is 9.10. The van der Waals surface area contributed by atoms with Crippen LogP contribution in [0.15, 0.2) is 70.6 Å². The third-order valence-corrected chi connectivity index (χ3v) is 5.49. The smallest absolute Gasteiger partial charge is 0.324 e. The molecule has 6 nitrogen and oxygen atoms in total. The number of hydrogen-bond donors (Lipinski definition) is 1. The molecule has 0 aliphatic carbocycles. The van der Waals surface area contributed by atoms with E-state index in [1.54, 1.807) is 30.3 Å². The summed E-state index contributed by atoms with van der Waals surface area (Å²) >= 11 is 3.24. The van der Waals surface area contributed by atoms with Gasteiger partial charge in [0.2, 0.25) is 0 Å². The lowest BCUT2D eigenvalue weighted by Gasteiger charge is -2.23. The number of halogens is 1. The molecule has 0 aliphatic rings. The summed E-state index contributed by atoms with van der Waals surface area (Å²) in [7, 11) is -4.02. The number of rotatable bonds is 8. The highest BCUT2D eigenvalue weighted by Gasteiger charge is 2.27. The SMILES string of the molecule is C=CCOc1ccc(N(CC(=O)O)S(=O)(=O)c2ccc(Br)cc2)cc1. The quantitative estimate of drug-likeness (QED) is 0.655. The number of carboxylic acid groups (broad SMARTS) is 1. The molecule has 25 heavy (non-hydrogen) atoms. The minimum absolute atomic E-state index is 0.00364. The maximum atomic E-state index is 12.8. The molecule has 0 amide bonds. The molecule has 0 spiro atoms. The number of anilines is 1. The molecule has 0 fully saturated rings. The van der Waals surface area contributed by atoms with Gasteiger partial charge in [0.15, 0.2) is 0 Å². The van der Waals surface area contributed by atoms with Crippen molar-refractivity contribution in [1.82, 2.24) is 0 Å². The molecule has 2 rings (SSSR count). The maximum Gasteiger partial charge on any atom is 0.324 e. The fourth-order valence-corrected chi connectivity index (χ4v) is 3.71. The van der Waals surface area contributed by atoms with Gasteiger partial charge in [-0.15, -0.1) is 0 Å². The Labute approximate surface area is 154 Å². The lowest BCUT2D eigenvalue weighted by molar-refractivity contribution is -0.135. The van der Waals surface area contributed by atoms with Crippen molar-refractivity contribution >= 4 is 37.6 Å². The monoisotopic (exact) mass is 425 g/mol.